The Morgan fingerprint density at radius 2 is 0.792 bits per heavy atom. The summed E-state index contributed by atoms with van der Waals surface area (Å²) in [5.74, 6) is -0.0778. The van der Waals surface area contributed by atoms with Crippen LogP contribution in [0.1, 0.15) is 116 Å². The van der Waals surface area contributed by atoms with Crippen molar-refractivity contribution in [2.45, 2.75) is 116 Å². The predicted octanol–water partition coefficient (Wildman–Crippen LogP) is 3.53. The van der Waals surface area contributed by atoms with Crippen molar-refractivity contribution in [3.05, 3.63) is 0 Å². The Hall–Kier alpha value is 0.910. The fraction of sp³-hybridized carbons (Fsp3) is 1.00. The zero-order chi connectivity index (χ0) is 17.2. The minimum absolute atomic E-state index is 0. The van der Waals surface area contributed by atoms with Crippen molar-refractivity contribution in [1.82, 2.24) is 0 Å². The zero-order valence-electron chi connectivity index (χ0n) is 16.4. The first-order valence-corrected chi connectivity index (χ1v) is 11.6. The van der Waals surface area contributed by atoms with E-state index in [4.69, 9.17) is 4.55 Å². The maximum Gasteiger partial charge on any atom is 1.00 e. The summed E-state index contributed by atoms with van der Waals surface area (Å²) >= 11 is 0. The molecule has 0 unspecified atom stereocenters. The number of rotatable bonds is 18. The molecule has 0 amide bonds. The maximum absolute atomic E-state index is 10.5. The first-order chi connectivity index (χ1) is 11.1. The van der Waals surface area contributed by atoms with Gasteiger partial charge in [0.25, 0.3) is 10.1 Å². The largest absolute Gasteiger partial charge is 1.00 e. The third kappa shape index (κ3) is 25.2. The SMILES string of the molecule is CCCCCCCCCCCCCCCCCCCS(=O)(=O)O.[Na+]. The summed E-state index contributed by atoms with van der Waals surface area (Å²) in [6.07, 6.45) is 21.8. The minimum Gasteiger partial charge on any atom is -0.286 e. The molecule has 0 fully saturated rings. The van der Waals surface area contributed by atoms with E-state index in [2.05, 4.69) is 6.92 Å². The Labute approximate surface area is 173 Å². The van der Waals surface area contributed by atoms with E-state index >= 15 is 0 Å². The molecule has 0 saturated heterocycles. The van der Waals surface area contributed by atoms with Gasteiger partial charge in [-0.3, -0.25) is 4.55 Å². The smallest absolute Gasteiger partial charge is 0.286 e. The second-order valence-electron chi connectivity index (χ2n) is 6.94. The average molecular weight is 372 g/mol. The van der Waals surface area contributed by atoms with E-state index in [0.717, 1.165) is 12.8 Å². The summed E-state index contributed by atoms with van der Waals surface area (Å²) in [5, 5.41) is 0. The van der Waals surface area contributed by atoms with Gasteiger partial charge in [-0.15, -0.1) is 0 Å². The average Bonchev–Trinajstić information content (AvgIpc) is 2.49. The molecule has 0 radical (unpaired) electrons. The Morgan fingerprint density at radius 3 is 1.04 bits per heavy atom. The molecule has 0 rings (SSSR count). The molecule has 0 aliphatic rings. The molecule has 0 aromatic rings. The molecule has 0 bridgehead atoms. The molecule has 0 aliphatic carbocycles. The molecule has 3 nitrogen and oxygen atoms in total. The molecule has 0 aliphatic heterocycles. The summed E-state index contributed by atoms with van der Waals surface area (Å²) < 4.78 is 29.7. The third-order valence-corrected chi connectivity index (χ3v) is 5.31. The molecule has 0 heterocycles. The summed E-state index contributed by atoms with van der Waals surface area (Å²) in [5.41, 5.74) is 0. The Balaban J connectivity index is 0. The van der Waals surface area contributed by atoms with E-state index in [9.17, 15) is 8.42 Å². The van der Waals surface area contributed by atoms with Gasteiger partial charge in [-0.2, -0.15) is 8.42 Å². The van der Waals surface area contributed by atoms with Crippen LogP contribution in [0.5, 0.6) is 0 Å². The quantitative estimate of drug-likeness (QED) is 0.228. The Kier molecular flexibility index (Phi) is 22.9. The first kappa shape index (κ1) is 27.1. The van der Waals surface area contributed by atoms with Gasteiger partial charge in [0.1, 0.15) is 0 Å². The predicted molar refractivity (Wildman–Crippen MR) is 101 cm³/mol. The molecule has 0 aromatic heterocycles. The molecule has 0 saturated carbocycles. The van der Waals surface area contributed by atoms with Crippen molar-refractivity contribution < 1.29 is 42.5 Å². The normalized spacial score (nSPS) is 11.4. The second kappa shape index (κ2) is 20.2. The molecule has 5 heteroatoms. The van der Waals surface area contributed by atoms with Crippen LogP contribution in [0, 0.1) is 0 Å². The standard InChI is InChI=1S/C19H40O3S.Na/c1-2-3-4-5-6-7-8-9-10-11-12-13-14-15-16-17-18-19-23(20,21)22;/h2-19H2,1H3,(H,20,21,22);/q;+1. The molecule has 0 spiro atoms. The van der Waals surface area contributed by atoms with Crippen molar-refractivity contribution in [2.75, 3.05) is 5.75 Å². The van der Waals surface area contributed by atoms with Gasteiger partial charge in [-0.05, 0) is 6.42 Å². The summed E-state index contributed by atoms with van der Waals surface area (Å²) in [6.45, 7) is 2.27. The summed E-state index contributed by atoms with van der Waals surface area (Å²) in [4.78, 5) is 0. The van der Waals surface area contributed by atoms with Crippen LogP contribution < -0.4 is 29.6 Å². The van der Waals surface area contributed by atoms with Crippen LogP contribution in [0.2, 0.25) is 0 Å². The van der Waals surface area contributed by atoms with Gasteiger partial charge >= 0.3 is 29.6 Å². The Morgan fingerprint density at radius 1 is 0.542 bits per heavy atom. The second-order valence-corrected chi connectivity index (χ2v) is 8.51. The van der Waals surface area contributed by atoms with E-state index < -0.39 is 10.1 Å². The molecular formula is C19H40NaO3S+. The van der Waals surface area contributed by atoms with E-state index in [1.807, 2.05) is 0 Å². The monoisotopic (exact) mass is 371 g/mol. The van der Waals surface area contributed by atoms with Gasteiger partial charge in [0.05, 0.1) is 5.75 Å². The van der Waals surface area contributed by atoms with E-state index in [1.54, 1.807) is 0 Å². The van der Waals surface area contributed by atoms with Crippen LogP contribution in [-0.4, -0.2) is 18.7 Å². The molecule has 0 atom stereocenters. The van der Waals surface area contributed by atoms with Crippen molar-refractivity contribution in [3.8, 4) is 0 Å². The van der Waals surface area contributed by atoms with Gasteiger partial charge in [-0.1, -0.05) is 110 Å². The minimum atomic E-state index is -3.74. The molecule has 24 heavy (non-hydrogen) atoms. The Bertz CT molecular complexity index is 332. The molecule has 0 aromatic carbocycles. The zero-order valence-corrected chi connectivity index (χ0v) is 19.2. The number of hydrogen-bond acceptors (Lipinski definition) is 2. The van der Waals surface area contributed by atoms with Crippen LogP contribution in [0.15, 0.2) is 0 Å². The first-order valence-electron chi connectivity index (χ1n) is 10.0. The van der Waals surface area contributed by atoms with Crippen LogP contribution in [0.25, 0.3) is 0 Å². The number of unbranched alkanes of at least 4 members (excludes halogenated alkanes) is 16. The van der Waals surface area contributed by atoms with Gasteiger partial charge in [-0.25, -0.2) is 0 Å². The topological polar surface area (TPSA) is 54.4 Å². The third-order valence-electron chi connectivity index (χ3n) is 4.51. The van der Waals surface area contributed by atoms with Gasteiger partial charge < -0.3 is 0 Å². The molecule has 1 N–H and O–H groups in total. The van der Waals surface area contributed by atoms with Crippen molar-refractivity contribution in [2.24, 2.45) is 0 Å². The fourth-order valence-corrected chi connectivity index (χ4v) is 3.58. The maximum atomic E-state index is 10.5. The molecular weight excluding hydrogens is 331 g/mol. The van der Waals surface area contributed by atoms with Crippen LogP contribution >= 0.6 is 0 Å². The van der Waals surface area contributed by atoms with Crippen LogP contribution in [0.4, 0.5) is 0 Å². The van der Waals surface area contributed by atoms with Crippen LogP contribution in [0.3, 0.4) is 0 Å². The van der Waals surface area contributed by atoms with Gasteiger partial charge in [0, 0.05) is 0 Å². The van der Waals surface area contributed by atoms with Gasteiger partial charge in [0.2, 0.25) is 0 Å². The van der Waals surface area contributed by atoms with Crippen LogP contribution in [-0.2, 0) is 10.1 Å². The number of hydrogen-bond donors (Lipinski definition) is 1. The van der Waals surface area contributed by atoms with Gasteiger partial charge in [0.15, 0.2) is 0 Å². The van der Waals surface area contributed by atoms with E-state index in [-0.39, 0.29) is 35.3 Å². The summed E-state index contributed by atoms with van der Waals surface area (Å²) in [6, 6.07) is 0. The van der Waals surface area contributed by atoms with Crippen molar-refractivity contribution >= 4 is 10.1 Å². The fourth-order valence-electron chi connectivity index (χ4n) is 3.01. The summed E-state index contributed by atoms with van der Waals surface area (Å²) in [7, 11) is -3.74. The molecule has 140 valence electrons. The van der Waals surface area contributed by atoms with Crippen molar-refractivity contribution in [3.63, 3.8) is 0 Å². The van der Waals surface area contributed by atoms with Crippen molar-refractivity contribution in [1.29, 1.82) is 0 Å². The van der Waals surface area contributed by atoms with E-state index in [1.165, 1.54) is 89.9 Å². The van der Waals surface area contributed by atoms with E-state index in [0.29, 0.717) is 6.42 Å².